The summed E-state index contributed by atoms with van der Waals surface area (Å²) >= 11 is 0. The minimum atomic E-state index is -0.0518. The van der Waals surface area contributed by atoms with Gasteiger partial charge in [0.1, 0.15) is 5.75 Å². The number of nitrogens with zero attached hydrogens (tertiary/aromatic N) is 1. The smallest absolute Gasteiger partial charge is 0.257 e. The fourth-order valence-corrected chi connectivity index (χ4v) is 2.62. The van der Waals surface area contributed by atoms with Crippen LogP contribution < -0.4 is 5.32 Å². The summed E-state index contributed by atoms with van der Waals surface area (Å²) in [5, 5.41) is 13.0. The van der Waals surface area contributed by atoms with Crippen LogP contribution in [0.1, 0.15) is 28.8 Å². The number of benzene rings is 1. The van der Waals surface area contributed by atoms with E-state index in [0.29, 0.717) is 11.5 Å². The summed E-state index contributed by atoms with van der Waals surface area (Å²) in [5.41, 5.74) is 1.42. The zero-order valence-corrected chi connectivity index (χ0v) is 11.6. The van der Waals surface area contributed by atoms with Crippen molar-refractivity contribution in [2.45, 2.75) is 19.8 Å². The Labute approximate surface area is 114 Å². The van der Waals surface area contributed by atoms with Crippen LogP contribution in [0.15, 0.2) is 18.2 Å². The molecule has 0 saturated carbocycles. The van der Waals surface area contributed by atoms with E-state index in [1.807, 2.05) is 24.9 Å². The summed E-state index contributed by atoms with van der Waals surface area (Å²) in [5.74, 6) is 0.678. The molecule has 0 bridgehead atoms. The number of carbonyl (C=O) groups excluding carboxylic acids is 1. The van der Waals surface area contributed by atoms with Crippen LogP contribution in [-0.4, -0.2) is 42.6 Å². The maximum Gasteiger partial charge on any atom is 0.257 e. The van der Waals surface area contributed by atoms with Gasteiger partial charge in [0, 0.05) is 13.1 Å². The molecule has 1 fully saturated rings. The fourth-order valence-electron chi connectivity index (χ4n) is 2.62. The van der Waals surface area contributed by atoms with Gasteiger partial charge in [0.05, 0.1) is 5.56 Å². The van der Waals surface area contributed by atoms with Gasteiger partial charge in [-0.2, -0.15) is 0 Å². The SMILES string of the molecule is CNCC1CCN(C(=O)c2cc(C)ccc2O)CC1. The second-order valence-corrected chi connectivity index (χ2v) is 5.31. The van der Waals surface area contributed by atoms with Gasteiger partial charge in [-0.15, -0.1) is 0 Å². The van der Waals surface area contributed by atoms with E-state index in [0.717, 1.165) is 38.0 Å². The van der Waals surface area contributed by atoms with E-state index >= 15 is 0 Å². The highest BCUT2D eigenvalue weighted by molar-refractivity contribution is 5.97. The van der Waals surface area contributed by atoms with Crippen LogP contribution in [0, 0.1) is 12.8 Å². The molecule has 104 valence electrons. The standard InChI is InChI=1S/C15H22N2O2/c1-11-3-4-14(18)13(9-11)15(19)17-7-5-12(6-8-17)10-16-2/h3-4,9,12,16,18H,5-8,10H2,1-2H3. The average molecular weight is 262 g/mol. The molecule has 1 aromatic rings. The lowest BCUT2D eigenvalue weighted by molar-refractivity contribution is 0.0688. The number of hydrogen-bond donors (Lipinski definition) is 2. The Hall–Kier alpha value is -1.55. The predicted molar refractivity (Wildman–Crippen MR) is 75.4 cm³/mol. The monoisotopic (exact) mass is 262 g/mol. The normalized spacial score (nSPS) is 16.6. The molecular weight excluding hydrogens is 240 g/mol. The van der Waals surface area contributed by atoms with E-state index in [1.54, 1.807) is 12.1 Å². The van der Waals surface area contributed by atoms with Crippen LogP contribution in [0.5, 0.6) is 5.75 Å². The highest BCUT2D eigenvalue weighted by Crippen LogP contribution is 2.23. The number of amides is 1. The van der Waals surface area contributed by atoms with E-state index in [4.69, 9.17) is 0 Å². The molecule has 1 heterocycles. The van der Waals surface area contributed by atoms with E-state index in [-0.39, 0.29) is 11.7 Å². The van der Waals surface area contributed by atoms with E-state index in [2.05, 4.69) is 5.32 Å². The molecule has 4 heteroatoms. The van der Waals surface area contributed by atoms with Crippen molar-refractivity contribution in [3.63, 3.8) is 0 Å². The summed E-state index contributed by atoms with van der Waals surface area (Å²) in [6, 6.07) is 5.17. The number of aromatic hydroxyl groups is 1. The van der Waals surface area contributed by atoms with Gasteiger partial charge in [-0.05, 0) is 51.4 Å². The molecule has 1 aliphatic heterocycles. The Bertz CT molecular complexity index is 451. The summed E-state index contributed by atoms with van der Waals surface area (Å²) in [4.78, 5) is 14.2. The minimum Gasteiger partial charge on any atom is -0.507 e. The first kappa shape index (κ1) is 13.9. The lowest BCUT2D eigenvalue weighted by Gasteiger charge is -2.32. The van der Waals surface area contributed by atoms with Crippen LogP contribution in [0.2, 0.25) is 0 Å². The van der Waals surface area contributed by atoms with Crippen molar-refractivity contribution in [3.05, 3.63) is 29.3 Å². The van der Waals surface area contributed by atoms with E-state index in [9.17, 15) is 9.90 Å². The number of piperidine rings is 1. The Morgan fingerprint density at radius 1 is 1.42 bits per heavy atom. The lowest BCUT2D eigenvalue weighted by Crippen LogP contribution is -2.40. The molecule has 1 saturated heterocycles. The summed E-state index contributed by atoms with van der Waals surface area (Å²) in [7, 11) is 1.96. The quantitative estimate of drug-likeness (QED) is 0.873. The van der Waals surface area contributed by atoms with Gasteiger partial charge >= 0.3 is 0 Å². The van der Waals surface area contributed by atoms with Gasteiger partial charge in [-0.3, -0.25) is 4.79 Å². The zero-order chi connectivity index (χ0) is 13.8. The van der Waals surface area contributed by atoms with Gasteiger partial charge < -0.3 is 15.3 Å². The molecule has 0 aliphatic carbocycles. The summed E-state index contributed by atoms with van der Waals surface area (Å²) in [6.45, 7) is 4.49. The van der Waals surface area contributed by atoms with Crippen LogP contribution >= 0.6 is 0 Å². The van der Waals surface area contributed by atoms with Crippen LogP contribution in [0.4, 0.5) is 0 Å². The zero-order valence-electron chi connectivity index (χ0n) is 11.6. The predicted octanol–water partition coefficient (Wildman–Crippen LogP) is 1.77. The topological polar surface area (TPSA) is 52.6 Å². The summed E-state index contributed by atoms with van der Waals surface area (Å²) in [6.07, 6.45) is 2.05. The van der Waals surface area contributed by atoms with Crippen LogP contribution in [0.25, 0.3) is 0 Å². The van der Waals surface area contributed by atoms with E-state index < -0.39 is 0 Å². The fraction of sp³-hybridized carbons (Fsp3) is 0.533. The number of hydrogen-bond acceptors (Lipinski definition) is 3. The van der Waals surface area contributed by atoms with Crippen molar-refractivity contribution < 1.29 is 9.90 Å². The van der Waals surface area contributed by atoms with Gasteiger partial charge in [0.25, 0.3) is 5.91 Å². The maximum atomic E-state index is 12.4. The molecule has 1 amide bonds. The van der Waals surface area contributed by atoms with E-state index in [1.165, 1.54) is 0 Å². The molecule has 0 spiro atoms. The number of phenols is 1. The van der Waals surface area contributed by atoms with Crippen molar-refractivity contribution >= 4 is 5.91 Å². The molecule has 1 aromatic carbocycles. The number of carbonyl (C=O) groups is 1. The summed E-state index contributed by atoms with van der Waals surface area (Å²) < 4.78 is 0. The number of rotatable bonds is 3. The van der Waals surface area contributed by atoms with Crippen molar-refractivity contribution in [3.8, 4) is 5.75 Å². The second-order valence-electron chi connectivity index (χ2n) is 5.31. The Morgan fingerprint density at radius 2 is 2.11 bits per heavy atom. The maximum absolute atomic E-state index is 12.4. The highest BCUT2D eigenvalue weighted by Gasteiger charge is 2.24. The third-order valence-electron chi connectivity index (χ3n) is 3.78. The minimum absolute atomic E-state index is 0.0518. The van der Waals surface area contributed by atoms with Gasteiger partial charge in [0.2, 0.25) is 0 Å². The highest BCUT2D eigenvalue weighted by atomic mass is 16.3. The molecule has 4 nitrogen and oxygen atoms in total. The molecule has 0 aromatic heterocycles. The molecule has 2 N–H and O–H groups in total. The Balaban J connectivity index is 2.03. The third-order valence-corrected chi connectivity index (χ3v) is 3.78. The van der Waals surface area contributed by atoms with Crippen LogP contribution in [0.3, 0.4) is 0 Å². The number of likely N-dealkylation sites (tertiary alicyclic amines) is 1. The van der Waals surface area contributed by atoms with Gasteiger partial charge in [-0.1, -0.05) is 11.6 Å². The first-order valence-corrected chi connectivity index (χ1v) is 6.85. The Kier molecular flexibility index (Phi) is 4.43. The second kappa shape index (κ2) is 6.06. The molecule has 1 aliphatic rings. The molecule has 0 atom stereocenters. The van der Waals surface area contributed by atoms with Crippen molar-refractivity contribution in [2.75, 3.05) is 26.7 Å². The molecule has 2 rings (SSSR count). The first-order chi connectivity index (χ1) is 9.11. The van der Waals surface area contributed by atoms with Crippen molar-refractivity contribution in [1.82, 2.24) is 10.2 Å². The first-order valence-electron chi connectivity index (χ1n) is 6.85. The molecule has 0 radical (unpaired) electrons. The van der Waals surface area contributed by atoms with Crippen LogP contribution in [-0.2, 0) is 0 Å². The molecule has 0 unspecified atom stereocenters. The lowest BCUT2D eigenvalue weighted by atomic mass is 9.96. The average Bonchev–Trinajstić information content (AvgIpc) is 2.42. The number of nitrogens with one attached hydrogen (secondary N) is 1. The number of aryl methyl sites for hydroxylation is 1. The van der Waals surface area contributed by atoms with Crippen molar-refractivity contribution in [2.24, 2.45) is 5.92 Å². The molecule has 19 heavy (non-hydrogen) atoms. The largest absolute Gasteiger partial charge is 0.507 e. The van der Waals surface area contributed by atoms with Crippen molar-refractivity contribution in [1.29, 1.82) is 0 Å². The Morgan fingerprint density at radius 3 is 2.74 bits per heavy atom. The van der Waals surface area contributed by atoms with Gasteiger partial charge in [0.15, 0.2) is 0 Å². The third kappa shape index (κ3) is 3.26. The number of phenolic OH excluding ortho intramolecular Hbond substituents is 1. The van der Waals surface area contributed by atoms with Gasteiger partial charge in [-0.25, -0.2) is 0 Å². The molecular formula is C15H22N2O2.